The summed E-state index contributed by atoms with van der Waals surface area (Å²) in [6.07, 6.45) is 9.07. The molecule has 4 nitrogen and oxygen atoms in total. The lowest BCUT2D eigenvalue weighted by Gasteiger charge is -2.49. The molecule has 2 saturated carbocycles. The first-order valence-corrected chi connectivity index (χ1v) is 8.51. The molecule has 2 N–H and O–H groups in total. The monoisotopic (exact) mass is 282 g/mol. The molecule has 4 unspecified atom stereocenters. The quantitative estimate of drug-likeness (QED) is 0.821. The number of hydrogen-bond donors (Lipinski definition) is 2. The number of nitrogens with zero attached hydrogens (tertiary/aromatic N) is 1. The third-order valence-electron chi connectivity index (χ3n) is 5.67. The lowest BCUT2D eigenvalue weighted by molar-refractivity contribution is -0.0841. The van der Waals surface area contributed by atoms with Gasteiger partial charge in [-0.25, -0.2) is 0 Å². The molecule has 3 rings (SSSR count). The number of aliphatic hydroxyl groups is 1. The fraction of sp³-hybridized carbons (Fsp3) is 1.00. The first kappa shape index (κ1) is 14.8. The minimum atomic E-state index is -0.0376. The first-order valence-electron chi connectivity index (χ1n) is 8.51. The number of ether oxygens (including phenoxy) is 1. The van der Waals surface area contributed by atoms with Gasteiger partial charge in [0.2, 0.25) is 0 Å². The second-order valence-electron chi connectivity index (χ2n) is 6.86. The summed E-state index contributed by atoms with van der Waals surface area (Å²) in [6.45, 7) is 5.34. The highest BCUT2D eigenvalue weighted by molar-refractivity contribution is 5.00. The third-order valence-corrected chi connectivity index (χ3v) is 5.67. The summed E-state index contributed by atoms with van der Waals surface area (Å²) in [4.78, 5) is 2.72. The van der Waals surface area contributed by atoms with E-state index in [4.69, 9.17) is 4.74 Å². The van der Waals surface area contributed by atoms with Gasteiger partial charge in [0.1, 0.15) is 0 Å². The fourth-order valence-electron chi connectivity index (χ4n) is 4.76. The molecule has 0 spiro atoms. The number of rotatable bonds is 4. The van der Waals surface area contributed by atoms with Crippen LogP contribution in [0.4, 0.5) is 0 Å². The fourth-order valence-corrected chi connectivity index (χ4v) is 4.76. The number of nitrogens with one attached hydrogen (secondary N) is 1. The first-order chi connectivity index (χ1) is 9.78. The highest BCUT2D eigenvalue weighted by Gasteiger charge is 2.43. The van der Waals surface area contributed by atoms with Crippen molar-refractivity contribution >= 4 is 0 Å². The average Bonchev–Trinajstić information content (AvgIpc) is 2.96. The van der Waals surface area contributed by atoms with Gasteiger partial charge in [-0.15, -0.1) is 0 Å². The predicted molar refractivity (Wildman–Crippen MR) is 79.8 cm³/mol. The second kappa shape index (κ2) is 6.30. The average molecular weight is 282 g/mol. The van der Waals surface area contributed by atoms with Crippen molar-refractivity contribution in [1.82, 2.24) is 10.2 Å². The smallest absolute Gasteiger partial charge is 0.0731 e. The zero-order valence-electron chi connectivity index (χ0n) is 12.8. The largest absolute Gasteiger partial charge is 0.394 e. The zero-order valence-corrected chi connectivity index (χ0v) is 12.8. The van der Waals surface area contributed by atoms with Crippen LogP contribution in [0.25, 0.3) is 0 Å². The lowest BCUT2D eigenvalue weighted by Crippen LogP contribution is -2.60. The molecule has 1 saturated heterocycles. The van der Waals surface area contributed by atoms with Gasteiger partial charge < -0.3 is 15.2 Å². The molecule has 2 aliphatic carbocycles. The van der Waals surface area contributed by atoms with Crippen LogP contribution in [-0.2, 0) is 4.74 Å². The summed E-state index contributed by atoms with van der Waals surface area (Å²) in [5, 5.41) is 13.4. The highest BCUT2D eigenvalue weighted by Crippen LogP contribution is 2.37. The Bertz CT molecular complexity index is 322. The summed E-state index contributed by atoms with van der Waals surface area (Å²) in [5.74, 6) is 0. The van der Waals surface area contributed by atoms with E-state index in [0.717, 1.165) is 32.5 Å². The molecule has 1 heterocycles. The molecule has 116 valence electrons. The molecule has 0 radical (unpaired) electrons. The van der Waals surface area contributed by atoms with Crippen molar-refractivity contribution < 1.29 is 9.84 Å². The maximum absolute atomic E-state index is 9.87. The van der Waals surface area contributed by atoms with Gasteiger partial charge in [0.15, 0.2) is 0 Å². The maximum Gasteiger partial charge on any atom is 0.0731 e. The molecule has 3 fully saturated rings. The van der Waals surface area contributed by atoms with Crippen LogP contribution in [0, 0.1) is 0 Å². The molecule has 3 aliphatic rings. The molecule has 0 aromatic carbocycles. The van der Waals surface area contributed by atoms with Crippen molar-refractivity contribution in [2.45, 2.75) is 75.6 Å². The Morgan fingerprint density at radius 2 is 2.20 bits per heavy atom. The van der Waals surface area contributed by atoms with E-state index in [-0.39, 0.29) is 12.1 Å². The zero-order chi connectivity index (χ0) is 14.0. The summed E-state index contributed by atoms with van der Waals surface area (Å²) in [5.41, 5.74) is -0.0376. The van der Waals surface area contributed by atoms with Crippen LogP contribution < -0.4 is 5.32 Å². The molecule has 0 aromatic heterocycles. The molecule has 20 heavy (non-hydrogen) atoms. The molecule has 1 aliphatic heterocycles. The number of likely N-dealkylation sites (N-methyl/N-ethyl adjacent to an activating group) is 1. The minimum Gasteiger partial charge on any atom is -0.394 e. The minimum absolute atomic E-state index is 0.0376. The van der Waals surface area contributed by atoms with E-state index >= 15 is 0 Å². The predicted octanol–water partition coefficient (Wildman–Crippen LogP) is 1.52. The molecule has 0 aromatic rings. The van der Waals surface area contributed by atoms with Crippen molar-refractivity contribution in [3.63, 3.8) is 0 Å². The molecule has 4 heteroatoms. The van der Waals surface area contributed by atoms with Crippen LogP contribution in [-0.4, -0.2) is 60.0 Å². The van der Waals surface area contributed by atoms with Crippen LogP contribution in [0.2, 0.25) is 0 Å². The summed E-state index contributed by atoms with van der Waals surface area (Å²) >= 11 is 0. The van der Waals surface area contributed by atoms with Crippen LogP contribution in [0.15, 0.2) is 0 Å². The van der Waals surface area contributed by atoms with Crippen molar-refractivity contribution in [2.24, 2.45) is 0 Å². The van der Waals surface area contributed by atoms with Crippen molar-refractivity contribution in [1.29, 1.82) is 0 Å². The summed E-state index contributed by atoms with van der Waals surface area (Å²) in [7, 11) is 0. The number of hydrogen-bond acceptors (Lipinski definition) is 4. The van der Waals surface area contributed by atoms with Gasteiger partial charge in [0.05, 0.1) is 19.3 Å². The van der Waals surface area contributed by atoms with Gasteiger partial charge >= 0.3 is 0 Å². The molecule has 0 amide bonds. The Labute approximate surface area is 122 Å². The maximum atomic E-state index is 9.87. The molecular weight excluding hydrogens is 252 g/mol. The number of aliphatic hydroxyl groups excluding tert-OH is 1. The van der Waals surface area contributed by atoms with Gasteiger partial charge in [-0.05, 0) is 51.5 Å². The van der Waals surface area contributed by atoms with Crippen molar-refractivity contribution in [2.75, 3.05) is 26.3 Å². The molecular formula is C16H30N2O2. The van der Waals surface area contributed by atoms with E-state index < -0.39 is 0 Å². The van der Waals surface area contributed by atoms with Gasteiger partial charge in [0, 0.05) is 24.2 Å². The van der Waals surface area contributed by atoms with Crippen molar-refractivity contribution in [3.05, 3.63) is 0 Å². The van der Waals surface area contributed by atoms with E-state index in [1.165, 1.54) is 32.1 Å². The van der Waals surface area contributed by atoms with E-state index in [9.17, 15) is 5.11 Å². The number of morpholine rings is 1. The normalized spacial score (nSPS) is 42.6. The SMILES string of the molecule is CCNC1(CO)CCCC(N2CCOC3CCCC32)C1. The van der Waals surface area contributed by atoms with Crippen LogP contribution in [0.1, 0.15) is 51.9 Å². The van der Waals surface area contributed by atoms with Crippen LogP contribution in [0.3, 0.4) is 0 Å². The van der Waals surface area contributed by atoms with E-state index in [2.05, 4.69) is 17.1 Å². The molecule has 0 bridgehead atoms. The Morgan fingerprint density at radius 1 is 1.30 bits per heavy atom. The van der Waals surface area contributed by atoms with Gasteiger partial charge in [-0.1, -0.05) is 6.92 Å². The molecule has 4 atom stereocenters. The lowest BCUT2D eigenvalue weighted by atomic mass is 9.78. The Kier molecular flexibility index (Phi) is 4.65. The van der Waals surface area contributed by atoms with E-state index in [1.807, 2.05) is 0 Å². The highest BCUT2D eigenvalue weighted by atomic mass is 16.5. The summed E-state index contributed by atoms with van der Waals surface area (Å²) in [6, 6.07) is 1.27. The third kappa shape index (κ3) is 2.76. The Balaban J connectivity index is 1.69. The standard InChI is InChI=1S/C16H30N2O2/c1-2-17-16(12-19)8-4-5-13(11-16)18-9-10-20-15-7-3-6-14(15)18/h13-15,17,19H,2-12H2,1H3. The Morgan fingerprint density at radius 3 is 3.00 bits per heavy atom. The van der Waals surface area contributed by atoms with Crippen LogP contribution >= 0.6 is 0 Å². The second-order valence-corrected chi connectivity index (χ2v) is 6.86. The van der Waals surface area contributed by atoms with Crippen molar-refractivity contribution in [3.8, 4) is 0 Å². The summed E-state index contributed by atoms with van der Waals surface area (Å²) < 4.78 is 5.94. The van der Waals surface area contributed by atoms with Gasteiger partial charge in [0.25, 0.3) is 0 Å². The van der Waals surface area contributed by atoms with Gasteiger partial charge in [-0.2, -0.15) is 0 Å². The number of fused-ring (bicyclic) bond motifs is 1. The van der Waals surface area contributed by atoms with E-state index in [0.29, 0.717) is 18.2 Å². The van der Waals surface area contributed by atoms with Crippen LogP contribution in [0.5, 0.6) is 0 Å². The Hall–Kier alpha value is -0.160. The topological polar surface area (TPSA) is 44.7 Å². The van der Waals surface area contributed by atoms with Gasteiger partial charge in [-0.3, -0.25) is 4.90 Å². The van der Waals surface area contributed by atoms with E-state index in [1.54, 1.807) is 0 Å².